The summed E-state index contributed by atoms with van der Waals surface area (Å²) in [5.41, 5.74) is 2.63. The van der Waals surface area contributed by atoms with Crippen molar-refractivity contribution in [1.29, 1.82) is 0 Å². The van der Waals surface area contributed by atoms with Gasteiger partial charge in [0.15, 0.2) is 5.82 Å². The second-order valence-corrected chi connectivity index (χ2v) is 6.78. The number of carbonyl (C=O) groups is 1. The maximum atomic E-state index is 12.3. The Hall–Kier alpha value is -2.28. The molecule has 0 bridgehead atoms. The Kier molecular flexibility index (Phi) is 5.13. The van der Waals surface area contributed by atoms with Crippen molar-refractivity contribution < 1.29 is 9.53 Å². The predicted octanol–water partition coefficient (Wildman–Crippen LogP) is 2.20. The molecule has 134 valence electrons. The number of carbonyl (C=O) groups excluding carboxylic acids is 1. The number of para-hydroxylation sites is 1. The smallest absolute Gasteiger partial charge is 0.246 e. The summed E-state index contributed by atoms with van der Waals surface area (Å²) in [5, 5.41) is 15.7. The van der Waals surface area contributed by atoms with Gasteiger partial charge in [-0.15, -0.1) is 5.10 Å². The molecule has 0 unspecified atom stereocenters. The lowest BCUT2D eigenvalue weighted by atomic mass is 9.80. The average molecular weight is 343 g/mol. The lowest BCUT2D eigenvalue weighted by Crippen LogP contribution is -2.50. The molecule has 1 aromatic heterocycles. The van der Waals surface area contributed by atoms with E-state index in [1.54, 1.807) is 4.68 Å². The second kappa shape index (κ2) is 7.31. The van der Waals surface area contributed by atoms with E-state index in [4.69, 9.17) is 4.74 Å². The lowest BCUT2D eigenvalue weighted by Gasteiger charge is -2.36. The van der Waals surface area contributed by atoms with Gasteiger partial charge in [-0.2, -0.15) is 4.68 Å². The van der Waals surface area contributed by atoms with Gasteiger partial charge in [0.2, 0.25) is 5.91 Å². The van der Waals surface area contributed by atoms with Crippen LogP contribution in [0.4, 0.5) is 0 Å². The summed E-state index contributed by atoms with van der Waals surface area (Å²) in [4.78, 5) is 12.3. The first-order chi connectivity index (χ1) is 12.1. The summed E-state index contributed by atoms with van der Waals surface area (Å²) in [6.07, 6.45) is 4.88. The Morgan fingerprint density at radius 2 is 1.92 bits per heavy atom. The van der Waals surface area contributed by atoms with Crippen molar-refractivity contribution in [1.82, 2.24) is 25.5 Å². The Morgan fingerprint density at radius 3 is 2.56 bits per heavy atom. The number of nitrogens with one attached hydrogen (secondary N) is 1. The van der Waals surface area contributed by atoms with E-state index in [-0.39, 0.29) is 12.5 Å². The number of tetrazole rings is 1. The molecular weight excluding hydrogens is 318 g/mol. The monoisotopic (exact) mass is 343 g/mol. The average Bonchev–Trinajstić information content (AvgIpc) is 3.06. The maximum absolute atomic E-state index is 12.3. The van der Waals surface area contributed by atoms with Gasteiger partial charge in [0.05, 0.1) is 5.69 Å². The highest BCUT2D eigenvalue weighted by Gasteiger charge is 2.40. The van der Waals surface area contributed by atoms with Crippen LogP contribution in [0.1, 0.15) is 49.1 Å². The standard InChI is InChI=1S/C18H25N5O2/c1-13-8-7-9-14(2)16(13)23-17(20-21-22-23)18(10-5-4-6-11-18)19-15(24)12-25-3/h7-9H,4-6,10-12H2,1-3H3,(H,19,24). The van der Waals surface area contributed by atoms with E-state index in [0.717, 1.165) is 48.9 Å². The molecule has 1 N–H and O–H groups in total. The number of hydrogen-bond acceptors (Lipinski definition) is 5. The van der Waals surface area contributed by atoms with E-state index in [0.29, 0.717) is 5.82 Å². The van der Waals surface area contributed by atoms with Crippen LogP contribution >= 0.6 is 0 Å². The fourth-order valence-corrected chi connectivity index (χ4v) is 3.77. The summed E-state index contributed by atoms with van der Waals surface area (Å²) < 4.78 is 6.78. The zero-order valence-electron chi connectivity index (χ0n) is 15.1. The SMILES string of the molecule is COCC(=O)NC1(c2nnnn2-c2c(C)cccc2C)CCCCC1. The molecule has 0 saturated heterocycles. The number of ether oxygens (including phenoxy) is 1. The Bertz CT molecular complexity index is 729. The van der Waals surface area contributed by atoms with Gasteiger partial charge in [0, 0.05) is 7.11 Å². The maximum Gasteiger partial charge on any atom is 0.246 e. The van der Waals surface area contributed by atoms with Crippen LogP contribution in [0.15, 0.2) is 18.2 Å². The molecule has 1 aliphatic carbocycles. The molecule has 1 fully saturated rings. The third-order valence-corrected chi connectivity index (χ3v) is 4.91. The van der Waals surface area contributed by atoms with Crippen molar-refractivity contribution in [3.05, 3.63) is 35.2 Å². The highest BCUT2D eigenvalue weighted by Crippen LogP contribution is 2.37. The van der Waals surface area contributed by atoms with Gasteiger partial charge in [-0.1, -0.05) is 37.5 Å². The number of benzene rings is 1. The number of amides is 1. The first-order valence-corrected chi connectivity index (χ1v) is 8.73. The first kappa shape index (κ1) is 17.5. The van der Waals surface area contributed by atoms with Crippen molar-refractivity contribution in [2.24, 2.45) is 0 Å². The molecule has 25 heavy (non-hydrogen) atoms. The van der Waals surface area contributed by atoms with Crippen LogP contribution in [-0.2, 0) is 15.1 Å². The van der Waals surface area contributed by atoms with Crippen LogP contribution in [0.5, 0.6) is 0 Å². The van der Waals surface area contributed by atoms with Gasteiger partial charge in [-0.3, -0.25) is 4.79 Å². The minimum Gasteiger partial charge on any atom is -0.375 e. The molecule has 1 aliphatic rings. The van der Waals surface area contributed by atoms with Gasteiger partial charge in [0.1, 0.15) is 12.1 Å². The highest BCUT2D eigenvalue weighted by molar-refractivity contribution is 5.78. The van der Waals surface area contributed by atoms with E-state index >= 15 is 0 Å². The largest absolute Gasteiger partial charge is 0.375 e. The third-order valence-electron chi connectivity index (χ3n) is 4.91. The molecule has 3 rings (SSSR count). The quantitative estimate of drug-likeness (QED) is 0.900. The van der Waals surface area contributed by atoms with Crippen LogP contribution in [0, 0.1) is 13.8 Å². The number of hydrogen-bond donors (Lipinski definition) is 1. The van der Waals surface area contributed by atoms with Crippen LogP contribution in [0.25, 0.3) is 5.69 Å². The van der Waals surface area contributed by atoms with Crippen molar-refractivity contribution in [2.45, 2.75) is 51.5 Å². The summed E-state index contributed by atoms with van der Waals surface area (Å²) in [7, 11) is 1.52. The van der Waals surface area contributed by atoms with E-state index in [2.05, 4.69) is 20.8 Å². The molecule has 0 spiro atoms. The molecule has 7 heteroatoms. The molecule has 0 aliphatic heterocycles. The molecule has 1 heterocycles. The van der Waals surface area contributed by atoms with Gasteiger partial charge >= 0.3 is 0 Å². The third kappa shape index (κ3) is 3.42. The van der Waals surface area contributed by atoms with E-state index in [1.165, 1.54) is 7.11 Å². The van der Waals surface area contributed by atoms with E-state index < -0.39 is 5.54 Å². The van der Waals surface area contributed by atoms with E-state index in [1.807, 2.05) is 32.0 Å². The molecule has 1 saturated carbocycles. The van der Waals surface area contributed by atoms with Gasteiger partial charge in [-0.05, 0) is 48.2 Å². The zero-order chi connectivity index (χ0) is 17.9. The first-order valence-electron chi connectivity index (χ1n) is 8.73. The summed E-state index contributed by atoms with van der Waals surface area (Å²) >= 11 is 0. The van der Waals surface area contributed by atoms with Crippen molar-refractivity contribution in [2.75, 3.05) is 13.7 Å². The van der Waals surface area contributed by atoms with Gasteiger partial charge in [-0.25, -0.2) is 0 Å². The summed E-state index contributed by atoms with van der Waals surface area (Å²) in [6, 6.07) is 6.12. The molecule has 1 aromatic carbocycles. The molecule has 0 atom stereocenters. The zero-order valence-corrected chi connectivity index (χ0v) is 15.1. The number of nitrogens with zero attached hydrogens (tertiary/aromatic N) is 4. The highest BCUT2D eigenvalue weighted by atomic mass is 16.5. The molecule has 2 aromatic rings. The molecule has 0 radical (unpaired) electrons. The molecule has 1 amide bonds. The molecule has 7 nitrogen and oxygen atoms in total. The predicted molar refractivity (Wildman–Crippen MR) is 93.4 cm³/mol. The lowest BCUT2D eigenvalue weighted by molar-refractivity contribution is -0.127. The summed E-state index contributed by atoms with van der Waals surface area (Å²) in [6.45, 7) is 4.13. The minimum atomic E-state index is -0.550. The van der Waals surface area contributed by atoms with E-state index in [9.17, 15) is 4.79 Å². The van der Waals surface area contributed by atoms with Crippen molar-refractivity contribution in [3.8, 4) is 5.69 Å². The number of rotatable bonds is 5. The molecular formula is C18H25N5O2. The number of aryl methyl sites for hydroxylation is 2. The van der Waals surface area contributed by atoms with Crippen LogP contribution in [0.2, 0.25) is 0 Å². The van der Waals surface area contributed by atoms with Crippen LogP contribution in [0.3, 0.4) is 0 Å². The normalized spacial score (nSPS) is 16.6. The van der Waals surface area contributed by atoms with Crippen LogP contribution in [-0.4, -0.2) is 39.8 Å². The van der Waals surface area contributed by atoms with Crippen LogP contribution < -0.4 is 5.32 Å². The van der Waals surface area contributed by atoms with Gasteiger partial charge < -0.3 is 10.1 Å². The Morgan fingerprint density at radius 1 is 1.24 bits per heavy atom. The summed E-state index contributed by atoms with van der Waals surface area (Å²) in [5.74, 6) is 0.564. The van der Waals surface area contributed by atoms with Crippen molar-refractivity contribution >= 4 is 5.91 Å². The van der Waals surface area contributed by atoms with Gasteiger partial charge in [0.25, 0.3) is 0 Å². The Balaban J connectivity index is 2.06. The minimum absolute atomic E-state index is 0.0344. The van der Waals surface area contributed by atoms with Crippen molar-refractivity contribution in [3.63, 3.8) is 0 Å². The number of aromatic nitrogens is 4. The second-order valence-electron chi connectivity index (χ2n) is 6.78. The fraction of sp³-hybridized carbons (Fsp3) is 0.556. The topological polar surface area (TPSA) is 81.9 Å². The number of methoxy groups -OCH3 is 1. The Labute approximate surface area is 147 Å². The fourth-order valence-electron chi connectivity index (χ4n) is 3.77.